The zero-order chi connectivity index (χ0) is 41.3. The average molecular weight is 801 g/mol. The average Bonchev–Trinajstić information content (AvgIpc) is 3.86. The first-order chi connectivity index (χ1) is 28.5. The van der Waals surface area contributed by atoms with Crippen LogP contribution in [0.5, 0.6) is 0 Å². The molecule has 2 aromatic heterocycles. The molecule has 0 saturated carbocycles. The lowest BCUT2D eigenvalue weighted by Crippen LogP contribution is -2.54. The van der Waals surface area contributed by atoms with Crippen LogP contribution in [-0.2, 0) is 26.3 Å². The van der Waals surface area contributed by atoms with E-state index in [2.05, 4.69) is 41.8 Å². The Morgan fingerprint density at radius 3 is 2.47 bits per heavy atom. The molecule has 0 radical (unpaired) electrons. The molecule has 1 unspecified atom stereocenters. The van der Waals surface area contributed by atoms with Gasteiger partial charge in [0.25, 0.3) is 17.7 Å². The van der Waals surface area contributed by atoms with Crippen molar-refractivity contribution in [3.05, 3.63) is 107 Å². The molecular weight excluding hydrogens is 761 g/mol. The van der Waals surface area contributed by atoms with Gasteiger partial charge in [-0.15, -0.1) is 10.2 Å². The molecule has 5 heterocycles. The van der Waals surface area contributed by atoms with Crippen LogP contribution in [-0.4, -0.2) is 92.1 Å². The third-order valence-electron chi connectivity index (χ3n) is 10.3. The van der Waals surface area contributed by atoms with E-state index in [1.54, 1.807) is 36.5 Å². The summed E-state index contributed by atoms with van der Waals surface area (Å²) < 4.78 is 11.6. The van der Waals surface area contributed by atoms with E-state index in [1.165, 1.54) is 0 Å². The molecule has 59 heavy (non-hydrogen) atoms. The number of nitrogens with zero attached hydrogens (tertiary/aromatic N) is 5. The highest BCUT2D eigenvalue weighted by molar-refractivity contribution is 6.23. The molecule has 6 N–H and O–H groups in total. The zero-order valence-electron chi connectivity index (χ0n) is 32.1. The number of hydrogen-bond donors (Lipinski definition) is 6. The number of carbonyl (C=O) groups excluding carboxylic acids is 5. The van der Waals surface area contributed by atoms with Gasteiger partial charge in [0.15, 0.2) is 0 Å². The van der Waals surface area contributed by atoms with Crippen LogP contribution < -0.4 is 26.6 Å². The van der Waals surface area contributed by atoms with Gasteiger partial charge in [0.2, 0.25) is 23.7 Å². The maximum atomic E-state index is 13.2. The first-order valence-electron chi connectivity index (χ1n) is 19.1. The number of imide groups is 2. The van der Waals surface area contributed by atoms with E-state index in [9.17, 15) is 29.1 Å². The van der Waals surface area contributed by atoms with Gasteiger partial charge in [0.1, 0.15) is 17.5 Å². The van der Waals surface area contributed by atoms with Crippen molar-refractivity contribution in [3.8, 4) is 11.5 Å². The van der Waals surface area contributed by atoms with Crippen molar-refractivity contribution in [3.63, 3.8) is 0 Å². The molecule has 0 spiro atoms. The van der Waals surface area contributed by atoms with Gasteiger partial charge in [-0.05, 0) is 62.2 Å². The molecule has 18 nitrogen and oxygen atoms in total. The fourth-order valence-corrected chi connectivity index (χ4v) is 7.22. The van der Waals surface area contributed by atoms with Crippen LogP contribution in [0.25, 0.3) is 11.5 Å². The Morgan fingerprint density at radius 2 is 1.68 bits per heavy atom. The van der Waals surface area contributed by atoms with Gasteiger partial charge >= 0.3 is 5.97 Å². The Labute approximate surface area is 337 Å². The lowest BCUT2D eigenvalue weighted by atomic mass is 9.95. The highest BCUT2D eigenvalue weighted by Crippen LogP contribution is 2.38. The number of cyclic esters (lactones) is 1. The minimum Gasteiger partial charge on any atom is -0.451 e. The van der Waals surface area contributed by atoms with E-state index in [1.807, 2.05) is 50.2 Å². The van der Waals surface area contributed by atoms with E-state index >= 15 is 0 Å². The van der Waals surface area contributed by atoms with Gasteiger partial charge in [-0.2, -0.15) is 4.98 Å². The van der Waals surface area contributed by atoms with Crippen LogP contribution in [0.15, 0.2) is 77.3 Å². The summed E-state index contributed by atoms with van der Waals surface area (Å²) in [6.07, 6.45) is 2.10. The number of piperidine rings is 1. The lowest BCUT2D eigenvalue weighted by molar-refractivity contribution is -0.136. The van der Waals surface area contributed by atoms with Crippen LogP contribution in [0.2, 0.25) is 0 Å². The maximum Gasteiger partial charge on any atom is 0.339 e. The standard InChI is InChI=1S/C41H40N10O8/c1-41(2)29-19-24(9-11-26(29)39(57)59-41)45-40-44-20-28(34(48-40)46-30(21-52)22-6-4-3-5-7-22)36-50-49-33(58-36)14-15-42-16-17-43-23-8-10-25-27(18-23)38(56)51(37(25)55)31-12-13-32(53)47-35(31)54/h3-11,18-20,30-31,42-43,52H,12-17,21H2,1-2H3,(H,47,53,54)(H2,44,45,46,48)/t30-,31?/m1/s1. The molecule has 3 aliphatic rings. The molecule has 2 atom stereocenters. The minimum atomic E-state index is -1.02. The summed E-state index contributed by atoms with van der Waals surface area (Å²) in [5, 5.41) is 34.1. The van der Waals surface area contributed by atoms with Crippen LogP contribution in [0.4, 0.5) is 23.1 Å². The molecular formula is C41H40N10O8. The summed E-state index contributed by atoms with van der Waals surface area (Å²) in [6, 6.07) is 18.0. The smallest absolute Gasteiger partial charge is 0.339 e. The van der Waals surface area contributed by atoms with Gasteiger partial charge in [-0.25, -0.2) is 9.78 Å². The number of nitrogens with one attached hydrogen (secondary N) is 5. The highest BCUT2D eigenvalue weighted by atomic mass is 16.6. The number of anilines is 4. The van der Waals surface area contributed by atoms with Crippen molar-refractivity contribution < 1.29 is 38.2 Å². The number of esters is 1. The molecule has 4 amide bonds. The van der Waals surface area contributed by atoms with Crippen LogP contribution in [0.1, 0.15) is 80.8 Å². The quantitative estimate of drug-likeness (QED) is 0.0505. The third kappa shape index (κ3) is 7.95. The van der Waals surface area contributed by atoms with Crippen LogP contribution in [0.3, 0.4) is 0 Å². The van der Waals surface area contributed by atoms with Gasteiger partial charge in [0.05, 0.1) is 34.9 Å². The second-order valence-electron chi connectivity index (χ2n) is 14.7. The summed E-state index contributed by atoms with van der Waals surface area (Å²) in [7, 11) is 0. The number of rotatable bonds is 15. The van der Waals surface area contributed by atoms with Crippen molar-refractivity contribution in [2.45, 2.75) is 50.8 Å². The topological polar surface area (TPSA) is 243 Å². The molecule has 3 aliphatic heterocycles. The summed E-state index contributed by atoms with van der Waals surface area (Å²) in [4.78, 5) is 72.6. The normalized spacial score (nSPS) is 17.3. The predicted molar refractivity (Wildman–Crippen MR) is 212 cm³/mol. The minimum absolute atomic E-state index is 0.0525. The van der Waals surface area contributed by atoms with Gasteiger partial charge in [-0.1, -0.05) is 30.3 Å². The molecule has 1 saturated heterocycles. The van der Waals surface area contributed by atoms with Crippen molar-refractivity contribution >= 4 is 52.7 Å². The van der Waals surface area contributed by atoms with Gasteiger partial charge in [0, 0.05) is 55.6 Å². The molecule has 302 valence electrons. The predicted octanol–water partition coefficient (Wildman–Crippen LogP) is 3.47. The Balaban J connectivity index is 0.892. The van der Waals surface area contributed by atoms with Gasteiger partial charge < -0.3 is 35.5 Å². The fraction of sp³-hybridized carbons (Fsp3) is 0.293. The SMILES string of the molecule is CC1(C)OC(=O)c2ccc(Nc3ncc(-c4nnc(CCNCCNc5ccc6c(c5)C(=O)N(C5CCC(=O)NC5=O)C6=O)o4)c(N[C@H](CO)c4ccccc4)n3)cc21. The number of fused-ring (bicyclic) bond motifs is 2. The Morgan fingerprint density at radius 1 is 0.898 bits per heavy atom. The summed E-state index contributed by atoms with van der Waals surface area (Å²) >= 11 is 0. The molecule has 8 rings (SSSR count). The second-order valence-corrected chi connectivity index (χ2v) is 14.7. The summed E-state index contributed by atoms with van der Waals surface area (Å²) in [6.45, 7) is 4.95. The number of aliphatic hydroxyl groups is 1. The van der Waals surface area contributed by atoms with E-state index < -0.39 is 41.3 Å². The van der Waals surface area contributed by atoms with Crippen molar-refractivity contribution in [1.29, 1.82) is 0 Å². The van der Waals surface area contributed by atoms with Crippen molar-refractivity contribution in [2.24, 2.45) is 0 Å². The molecule has 1 fully saturated rings. The largest absolute Gasteiger partial charge is 0.451 e. The van der Waals surface area contributed by atoms with E-state index in [-0.39, 0.29) is 48.4 Å². The first kappa shape index (κ1) is 38.8. The summed E-state index contributed by atoms with van der Waals surface area (Å²) in [5.41, 5.74) is 3.41. The summed E-state index contributed by atoms with van der Waals surface area (Å²) in [5.74, 6) is -1.45. The number of amides is 4. The van der Waals surface area contributed by atoms with Crippen LogP contribution in [0, 0.1) is 0 Å². The molecule has 0 aliphatic carbocycles. The monoisotopic (exact) mass is 800 g/mol. The third-order valence-corrected chi connectivity index (χ3v) is 10.3. The second kappa shape index (κ2) is 16.1. The van der Waals surface area contributed by atoms with Crippen LogP contribution >= 0.6 is 0 Å². The molecule has 0 bridgehead atoms. The number of ether oxygens (including phenoxy) is 1. The first-order valence-corrected chi connectivity index (χ1v) is 19.1. The Hall–Kier alpha value is -7.05. The van der Waals surface area contributed by atoms with Crippen molar-refractivity contribution in [2.75, 3.05) is 42.2 Å². The van der Waals surface area contributed by atoms with Crippen molar-refractivity contribution in [1.82, 2.24) is 35.7 Å². The molecule has 5 aromatic rings. The Bertz CT molecular complexity index is 2470. The number of aliphatic hydroxyl groups excluding tert-OH is 1. The molecule has 18 heteroatoms. The number of carbonyl (C=O) groups is 5. The lowest BCUT2D eigenvalue weighted by Gasteiger charge is -2.27. The van der Waals surface area contributed by atoms with E-state index in [0.29, 0.717) is 60.3 Å². The number of benzene rings is 3. The van der Waals surface area contributed by atoms with E-state index in [4.69, 9.17) is 14.1 Å². The highest BCUT2D eigenvalue weighted by Gasteiger charge is 2.44. The maximum absolute atomic E-state index is 13.2. The van der Waals surface area contributed by atoms with Gasteiger partial charge in [-0.3, -0.25) is 29.4 Å². The number of hydrogen-bond acceptors (Lipinski definition) is 16. The Kier molecular flexibility index (Phi) is 10.6. The zero-order valence-corrected chi connectivity index (χ0v) is 32.1. The molecule has 3 aromatic carbocycles. The fourth-order valence-electron chi connectivity index (χ4n) is 7.22. The number of aromatic nitrogens is 4. The van der Waals surface area contributed by atoms with E-state index in [0.717, 1.165) is 16.0 Å².